The molecule has 0 aliphatic carbocycles. The summed E-state index contributed by atoms with van der Waals surface area (Å²) in [6, 6.07) is 3.94. The van der Waals surface area contributed by atoms with Crippen molar-refractivity contribution in [1.29, 1.82) is 0 Å². The SMILES string of the molecule is NCCOCCOCCOCCNc1cccc2c1C(=O)N(C1CCCC(=O)NC1=O)C2=O. The summed E-state index contributed by atoms with van der Waals surface area (Å²) in [6.45, 7) is 3.57. The first-order chi connectivity index (χ1) is 16.0. The van der Waals surface area contributed by atoms with Crippen molar-refractivity contribution in [2.75, 3.05) is 58.0 Å². The lowest BCUT2D eigenvalue weighted by Gasteiger charge is -2.23. The Morgan fingerprint density at radius 1 is 0.970 bits per heavy atom. The minimum atomic E-state index is -0.999. The van der Waals surface area contributed by atoms with E-state index < -0.39 is 29.7 Å². The van der Waals surface area contributed by atoms with Gasteiger partial charge in [-0.2, -0.15) is 0 Å². The predicted molar refractivity (Wildman–Crippen MR) is 118 cm³/mol. The molecule has 1 saturated heterocycles. The van der Waals surface area contributed by atoms with E-state index in [2.05, 4.69) is 10.6 Å². The summed E-state index contributed by atoms with van der Waals surface area (Å²) in [7, 11) is 0. The van der Waals surface area contributed by atoms with Crippen molar-refractivity contribution >= 4 is 29.3 Å². The van der Waals surface area contributed by atoms with Crippen molar-refractivity contribution in [1.82, 2.24) is 10.2 Å². The van der Waals surface area contributed by atoms with Crippen LogP contribution in [-0.2, 0) is 23.8 Å². The third-order valence-electron chi connectivity index (χ3n) is 5.27. The van der Waals surface area contributed by atoms with E-state index in [0.717, 1.165) is 4.90 Å². The predicted octanol–water partition coefficient (Wildman–Crippen LogP) is -0.102. The summed E-state index contributed by atoms with van der Waals surface area (Å²) >= 11 is 0. The quantitative estimate of drug-likeness (QED) is 0.270. The molecule has 1 aromatic carbocycles. The second-order valence-corrected chi connectivity index (χ2v) is 7.58. The molecule has 0 saturated carbocycles. The standard InChI is InChI=1S/C22H30N4O7/c23-7-9-31-11-13-33-14-12-32-10-8-24-16-4-1-3-15-19(16)22(30)26(21(15)29)17-5-2-6-18(27)25-20(17)28/h1,3-4,17,24H,2,5-14,23H2,(H,25,27,28). The van der Waals surface area contributed by atoms with Crippen LogP contribution in [0.3, 0.4) is 0 Å². The van der Waals surface area contributed by atoms with Crippen LogP contribution in [0.25, 0.3) is 0 Å². The van der Waals surface area contributed by atoms with Gasteiger partial charge in [0.1, 0.15) is 6.04 Å². The second kappa shape index (κ2) is 12.4. The fourth-order valence-corrected chi connectivity index (χ4v) is 3.73. The first kappa shape index (κ1) is 24.8. The number of nitrogens with one attached hydrogen (secondary N) is 2. The molecule has 1 fully saturated rings. The van der Waals surface area contributed by atoms with E-state index >= 15 is 0 Å². The van der Waals surface area contributed by atoms with Gasteiger partial charge in [0.25, 0.3) is 11.8 Å². The molecular weight excluding hydrogens is 432 g/mol. The number of fused-ring (bicyclic) bond motifs is 1. The highest BCUT2D eigenvalue weighted by molar-refractivity contribution is 6.25. The molecule has 0 spiro atoms. The highest BCUT2D eigenvalue weighted by Gasteiger charge is 2.44. The van der Waals surface area contributed by atoms with Crippen molar-refractivity contribution in [3.05, 3.63) is 29.3 Å². The molecule has 1 aromatic rings. The summed E-state index contributed by atoms with van der Waals surface area (Å²) < 4.78 is 16.1. The minimum absolute atomic E-state index is 0.186. The molecule has 2 aliphatic rings. The molecule has 1 atom stereocenters. The summed E-state index contributed by atoms with van der Waals surface area (Å²) in [4.78, 5) is 51.0. The van der Waals surface area contributed by atoms with Crippen molar-refractivity contribution in [3.8, 4) is 0 Å². The number of imide groups is 2. The van der Waals surface area contributed by atoms with Gasteiger partial charge in [0.15, 0.2) is 0 Å². The number of hydrogen-bond donors (Lipinski definition) is 3. The molecule has 11 nitrogen and oxygen atoms in total. The Bertz CT molecular complexity index is 876. The van der Waals surface area contributed by atoms with Crippen LogP contribution in [0.4, 0.5) is 5.69 Å². The fraction of sp³-hybridized carbons (Fsp3) is 0.545. The Morgan fingerprint density at radius 2 is 1.67 bits per heavy atom. The molecule has 3 rings (SSSR count). The number of amides is 4. The van der Waals surface area contributed by atoms with E-state index in [9.17, 15) is 19.2 Å². The molecular formula is C22H30N4O7. The maximum Gasteiger partial charge on any atom is 0.264 e. The Hall–Kier alpha value is -2.86. The number of ether oxygens (including phenoxy) is 3. The molecule has 0 bridgehead atoms. The number of hydrogen-bond acceptors (Lipinski definition) is 9. The van der Waals surface area contributed by atoms with Crippen molar-refractivity contribution in [2.45, 2.75) is 25.3 Å². The van der Waals surface area contributed by atoms with Crippen LogP contribution in [-0.4, -0.2) is 87.3 Å². The number of carbonyl (C=O) groups excluding carboxylic acids is 4. The average Bonchev–Trinajstić information content (AvgIpc) is 2.93. The van der Waals surface area contributed by atoms with Gasteiger partial charge in [0, 0.05) is 25.2 Å². The Kier molecular flexibility index (Phi) is 9.31. The van der Waals surface area contributed by atoms with Gasteiger partial charge < -0.3 is 25.3 Å². The zero-order valence-corrected chi connectivity index (χ0v) is 18.5. The van der Waals surface area contributed by atoms with Crippen molar-refractivity contribution in [3.63, 3.8) is 0 Å². The molecule has 4 amide bonds. The van der Waals surface area contributed by atoms with Gasteiger partial charge in [-0.05, 0) is 25.0 Å². The Labute approximate surface area is 191 Å². The maximum atomic E-state index is 13.1. The lowest BCUT2D eigenvalue weighted by atomic mass is 10.1. The van der Waals surface area contributed by atoms with E-state index in [-0.39, 0.29) is 24.0 Å². The lowest BCUT2D eigenvalue weighted by molar-refractivity contribution is -0.131. The minimum Gasteiger partial charge on any atom is -0.382 e. The summed E-state index contributed by atoms with van der Waals surface area (Å²) in [6.07, 6.45) is 0.856. The monoisotopic (exact) mass is 462 g/mol. The van der Waals surface area contributed by atoms with Crippen LogP contribution in [0.2, 0.25) is 0 Å². The second-order valence-electron chi connectivity index (χ2n) is 7.58. The molecule has 0 aromatic heterocycles. The van der Waals surface area contributed by atoms with Gasteiger partial charge >= 0.3 is 0 Å². The topological polar surface area (TPSA) is 149 Å². The van der Waals surface area contributed by atoms with Gasteiger partial charge in [-0.25, -0.2) is 0 Å². The normalized spacial score (nSPS) is 18.3. The maximum absolute atomic E-state index is 13.1. The van der Waals surface area contributed by atoms with E-state index in [1.165, 1.54) is 0 Å². The van der Waals surface area contributed by atoms with Gasteiger partial charge in [0.05, 0.1) is 50.8 Å². The van der Waals surface area contributed by atoms with Crippen LogP contribution in [0, 0.1) is 0 Å². The number of anilines is 1. The van der Waals surface area contributed by atoms with Crippen LogP contribution in [0.5, 0.6) is 0 Å². The van der Waals surface area contributed by atoms with E-state index in [4.69, 9.17) is 19.9 Å². The number of carbonyl (C=O) groups is 4. The van der Waals surface area contributed by atoms with Gasteiger partial charge in [-0.3, -0.25) is 29.4 Å². The third kappa shape index (κ3) is 6.35. The van der Waals surface area contributed by atoms with Crippen LogP contribution in [0.15, 0.2) is 18.2 Å². The Balaban J connectivity index is 1.49. The molecule has 0 radical (unpaired) electrons. The molecule has 4 N–H and O–H groups in total. The van der Waals surface area contributed by atoms with Crippen LogP contribution < -0.4 is 16.4 Å². The number of rotatable bonds is 13. The molecule has 180 valence electrons. The molecule has 33 heavy (non-hydrogen) atoms. The average molecular weight is 463 g/mol. The molecule has 11 heteroatoms. The highest BCUT2D eigenvalue weighted by atomic mass is 16.5. The van der Waals surface area contributed by atoms with E-state index in [0.29, 0.717) is 64.8 Å². The lowest BCUT2D eigenvalue weighted by Crippen LogP contribution is -2.49. The smallest absolute Gasteiger partial charge is 0.264 e. The van der Waals surface area contributed by atoms with Crippen LogP contribution in [0.1, 0.15) is 40.0 Å². The largest absolute Gasteiger partial charge is 0.382 e. The molecule has 1 unspecified atom stereocenters. The van der Waals surface area contributed by atoms with Gasteiger partial charge in [-0.15, -0.1) is 0 Å². The first-order valence-electron chi connectivity index (χ1n) is 11.1. The third-order valence-corrected chi connectivity index (χ3v) is 5.27. The number of nitrogens with zero attached hydrogens (tertiary/aromatic N) is 1. The molecule has 2 heterocycles. The first-order valence-corrected chi connectivity index (χ1v) is 11.1. The van der Waals surface area contributed by atoms with E-state index in [1.807, 2.05) is 0 Å². The van der Waals surface area contributed by atoms with Crippen molar-refractivity contribution in [2.24, 2.45) is 5.73 Å². The number of benzene rings is 1. The van der Waals surface area contributed by atoms with E-state index in [1.54, 1.807) is 18.2 Å². The Morgan fingerprint density at radius 3 is 2.39 bits per heavy atom. The molecule has 2 aliphatic heterocycles. The summed E-state index contributed by atoms with van der Waals surface area (Å²) in [5, 5.41) is 5.37. The van der Waals surface area contributed by atoms with Crippen molar-refractivity contribution < 1.29 is 33.4 Å². The number of nitrogens with two attached hydrogens (primary N) is 1. The zero-order valence-electron chi connectivity index (χ0n) is 18.5. The van der Waals surface area contributed by atoms with Gasteiger partial charge in [-0.1, -0.05) is 6.07 Å². The fourth-order valence-electron chi connectivity index (χ4n) is 3.73. The zero-order chi connectivity index (χ0) is 23.6. The summed E-state index contributed by atoms with van der Waals surface area (Å²) in [5.74, 6) is -2.09. The van der Waals surface area contributed by atoms with Gasteiger partial charge in [0.2, 0.25) is 11.8 Å². The van der Waals surface area contributed by atoms with Crippen LogP contribution >= 0.6 is 0 Å². The summed E-state index contributed by atoms with van der Waals surface area (Å²) in [5.41, 5.74) is 6.28. The highest BCUT2D eigenvalue weighted by Crippen LogP contribution is 2.32.